The van der Waals surface area contributed by atoms with Gasteiger partial charge < -0.3 is 14.8 Å². The highest BCUT2D eigenvalue weighted by molar-refractivity contribution is 7.19. The van der Waals surface area contributed by atoms with Gasteiger partial charge in [0, 0.05) is 23.0 Å². The summed E-state index contributed by atoms with van der Waals surface area (Å²) < 4.78 is 11.6. The van der Waals surface area contributed by atoms with Gasteiger partial charge in [-0.3, -0.25) is 0 Å². The number of methoxy groups -OCH3 is 2. The third-order valence-corrected chi connectivity index (χ3v) is 4.87. The van der Waals surface area contributed by atoms with Crippen molar-refractivity contribution >= 4 is 22.9 Å². The fraction of sp³-hybridized carbons (Fsp3) is 0.375. The maximum atomic E-state index is 6.08. The van der Waals surface area contributed by atoms with E-state index >= 15 is 0 Å². The third-order valence-electron chi connectivity index (χ3n) is 3.61. The predicted octanol–water partition coefficient (Wildman–Crippen LogP) is 4.34. The van der Waals surface area contributed by atoms with E-state index < -0.39 is 0 Å². The lowest BCUT2D eigenvalue weighted by Crippen LogP contribution is -2.16. The number of hydrogen-bond acceptors (Lipinski definition) is 4. The summed E-state index contributed by atoms with van der Waals surface area (Å²) in [6, 6.07) is 8.73. The van der Waals surface area contributed by atoms with Crippen molar-refractivity contribution in [3.8, 4) is 21.9 Å². The van der Waals surface area contributed by atoms with Gasteiger partial charge in [-0.05, 0) is 42.7 Å². The summed E-state index contributed by atoms with van der Waals surface area (Å²) in [5, 5.41) is 3.55. The third kappa shape index (κ3) is 3.34. The Labute approximate surface area is 133 Å². The smallest absolute Gasteiger partial charge is 0.161 e. The minimum Gasteiger partial charge on any atom is -0.493 e. The number of rotatable bonds is 6. The number of hydrogen-bond donors (Lipinski definition) is 1. The molecule has 3 rings (SSSR count). The monoisotopic (exact) mass is 323 g/mol. The first kappa shape index (κ1) is 14.7. The SMILES string of the molecule is COc1cc(CNC2CC2)c(-c2ccc(Cl)s2)cc1OC. The second kappa shape index (κ2) is 6.26. The summed E-state index contributed by atoms with van der Waals surface area (Å²) in [5.74, 6) is 1.50. The molecule has 0 amide bonds. The van der Waals surface area contributed by atoms with Crippen LogP contribution in [0.1, 0.15) is 18.4 Å². The van der Waals surface area contributed by atoms with Crippen LogP contribution in [0, 0.1) is 0 Å². The summed E-state index contributed by atoms with van der Waals surface area (Å²) in [7, 11) is 3.32. The molecule has 1 N–H and O–H groups in total. The zero-order valence-corrected chi connectivity index (χ0v) is 13.7. The lowest BCUT2D eigenvalue weighted by Gasteiger charge is -2.14. The molecule has 1 heterocycles. The van der Waals surface area contributed by atoms with Gasteiger partial charge in [-0.1, -0.05) is 11.6 Å². The highest BCUT2D eigenvalue weighted by atomic mass is 35.5. The van der Waals surface area contributed by atoms with Crippen molar-refractivity contribution in [1.82, 2.24) is 5.32 Å². The van der Waals surface area contributed by atoms with Crippen molar-refractivity contribution in [1.29, 1.82) is 0 Å². The van der Waals surface area contributed by atoms with Gasteiger partial charge in [0.1, 0.15) is 0 Å². The predicted molar refractivity (Wildman–Crippen MR) is 87.7 cm³/mol. The summed E-state index contributed by atoms with van der Waals surface area (Å²) in [6.45, 7) is 0.829. The quantitative estimate of drug-likeness (QED) is 0.858. The van der Waals surface area contributed by atoms with Crippen LogP contribution in [-0.2, 0) is 6.54 Å². The number of benzene rings is 1. The molecule has 0 aliphatic heterocycles. The van der Waals surface area contributed by atoms with Gasteiger partial charge in [-0.2, -0.15) is 0 Å². The Hall–Kier alpha value is -1.23. The fourth-order valence-electron chi connectivity index (χ4n) is 2.30. The zero-order chi connectivity index (χ0) is 14.8. The molecular weight excluding hydrogens is 306 g/mol. The normalized spacial score (nSPS) is 14.2. The second-order valence-electron chi connectivity index (χ2n) is 5.12. The van der Waals surface area contributed by atoms with E-state index in [-0.39, 0.29) is 0 Å². The van der Waals surface area contributed by atoms with E-state index in [9.17, 15) is 0 Å². The first-order valence-corrected chi connectivity index (χ1v) is 8.14. The fourth-order valence-corrected chi connectivity index (χ4v) is 3.39. The van der Waals surface area contributed by atoms with Crippen molar-refractivity contribution in [3.63, 3.8) is 0 Å². The van der Waals surface area contributed by atoms with Crippen molar-refractivity contribution in [2.45, 2.75) is 25.4 Å². The number of halogens is 1. The molecule has 0 saturated heterocycles. The molecule has 112 valence electrons. The van der Waals surface area contributed by atoms with Crippen LogP contribution in [0.2, 0.25) is 4.34 Å². The van der Waals surface area contributed by atoms with E-state index in [1.54, 1.807) is 25.6 Å². The van der Waals surface area contributed by atoms with Crippen LogP contribution in [0.15, 0.2) is 24.3 Å². The average Bonchev–Trinajstić information content (AvgIpc) is 3.24. The molecule has 0 spiro atoms. The van der Waals surface area contributed by atoms with Gasteiger partial charge in [0.2, 0.25) is 0 Å². The van der Waals surface area contributed by atoms with Gasteiger partial charge in [0.25, 0.3) is 0 Å². The van der Waals surface area contributed by atoms with Crippen LogP contribution in [0.5, 0.6) is 11.5 Å². The number of nitrogens with one attached hydrogen (secondary N) is 1. The maximum Gasteiger partial charge on any atom is 0.161 e. The Kier molecular flexibility index (Phi) is 4.38. The molecule has 1 aliphatic rings. The Morgan fingerprint density at radius 3 is 2.48 bits per heavy atom. The highest BCUT2D eigenvalue weighted by Crippen LogP contribution is 2.39. The van der Waals surface area contributed by atoms with Crippen LogP contribution >= 0.6 is 22.9 Å². The van der Waals surface area contributed by atoms with Gasteiger partial charge in [0.05, 0.1) is 18.6 Å². The Bertz CT molecular complexity index is 637. The molecule has 0 bridgehead atoms. The molecule has 1 saturated carbocycles. The van der Waals surface area contributed by atoms with Crippen molar-refractivity contribution < 1.29 is 9.47 Å². The first-order valence-electron chi connectivity index (χ1n) is 6.95. The van der Waals surface area contributed by atoms with E-state index in [4.69, 9.17) is 21.1 Å². The molecule has 1 fully saturated rings. The standard InChI is InChI=1S/C16H18ClNO2S/c1-19-13-7-10(9-18-11-3-4-11)12(8-14(13)20-2)15-5-6-16(17)21-15/h5-8,11,18H,3-4,9H2,1-2H3. The maximum absolute atomic E-state index is 6.08. The van der Waals surface area contributed by atoms with Crippen LogP contribution < -0.4 is 14.8 Å². The zero-order valence-electron chi connectivity index (χ0n) is 12.1. The Balaban J connectivity index is 2.00. The second-order valence-corrected chi connectivity index (χ2v) is 6.84. The van der Waals surface area contributed by atoms with Gasteiger partial charge in [-0.15, -0.1) is 11.3 Å². The number of ether oxygens (including phenoxy) is 2. The summed E-state index contributed by atoms with van der Waals surface area (Å²) >= 11 is 7.66. The van der Waals surface area contributed by atoms with E-state index in [2.05, 4.69) is 17.4 Å². The molecule has 1 aromatic heterocycles. The van der Waals surface area contributed by atoms with Crippen LogP contribution in [-0.4, -0.2) is 20.3 Å². The average molecular weight is 324 g/mol. The molecular formula is C16H18ClNO2S. The first-order chi connectivity index (χ1) is 10.2. The van der Waals surface area contributed by atoms with E-state index in [1.165, 1.54) is 18.4 Å². The van der Waals surface area contributed by atoms with E-state index in [0.717, 1.165) is 32.8 Å². The minimum atomic E-state index is 0.665. The molecule has 0 atom stereocenters. The van der Waals surface area contributed by atoms with Crippen molar-refractivity contribution in [2.24, 2.45) is 0 Å². The number of thiophene rings is 1. The topological polar surface area (TPSA) is 30.5 Å². The van der Waals surface area contributed by atoms with Gasteiger partial charge in [0.15, 0.2) is 11.5 Å². The Morgan fingerprint density at radius 1 is 1.19 bits per heavy atom. The largest absolute Gasteiger partial charge is 0.493 e. The lowest BCUT2D eigenvalue weighted by atomic mass is 10.0. The summed E-state index contributed by atoms with van der Waals surface area (Å²) in [4.78, 5) is 1.15. The van der Waals surface area contributed by atoms with Crippen LogP contribution in [0.3, 0.4) is 0 Å². The summed E-state index contributed by atoms with van der Waals surface area (Å²) in [6.07, 6.45) is 2.54. The molecule has 5 heteroatoms. The molecule has 21 heavy (non-hydrogen) atoms. The molecule has 1 aliphatic carbocycles. The van der Waals surface area contributed by atoms with Gasteiger partial charge in [-0.25, -0.2) is 0 Å². The van der Waals surface area contributed by atoms with Crippen molar-refractivity contribution in [3.05, 3.63) is 34.2 Å². The molecule has 0 radical (unpaired) electrons. The lowest BCUT2D eigenvalue weighted by molar-refractivity contribution is 0.354. The molecule has 2 aromatic rings. The van der Waals surface area contributed by atoms with E-state index in [1.807, 2.05) is 12.1 Å². The van der Waals surface area contributed by atoms with Gasteiger partial charge >= 0.3 is 0 Å². The highest BCUT2D eigenvalue weighted by Gasteiger charge is 2.21. The van der Waals surface area contributed by atoms with Crippen LogP contribution in [0.4, 0.5) is 0 Å². The Morgan fingerprint density at radius 2 is 1.90 bits per heavy atom. The summed E-state index contributed by atoms with van der Waals surface area (Å²) in [5.41, 5.74) is 2.36. The molecule has 1 aromatic carbocycles. The van der Waals surface area contributed by atoms with E-state index in [0.29, 0.717) is 6.04 Å². The molecule has 0 unspecified atom stereocenters. The molecule has 3 nitrogen and oxygen atoms in total. The van der Waals surface area contributed by atoms with Crippen LogP contribution in [0.25, 0.3) is 10.4 Å². The van der Waals surface area contributed by atoms with Crippen molar-refractivity contribution in [2.75, 3.05) is 14.2 Å². The minimum absolute atomic E-state index is 0.665.